The van der Waals surface area contributed by atoms with Crippen molar-refractivity contribution in [2.75, 3.05) is 0 Å². The maximum absolute atomic E-state index is 11.0. The standard InChI is InChI=1S/C30H50O2/c1-3-29(31)27-25-23-21-19-17-15-13-11-9-7-5-6-8-10-12-14-16-18-20-22-24-26-28-30(32)4-2/h3,11,13,15,17,19,21,23,25,30,32H,1,4-10,12,14,16,18,20,22,24,26-28H2,2H3. The lowest BCUT2D eigenvalue weighted by Crippen LogP contribution is -2.03. The third kappa shape index (κ3) is 24.6. The topological polar surface area (TPSA) is 37.3 Å². The van der Waals surface area contributed by atoms with Gasteiger partial charge in [-0.25, -0.2) is 0 Å². The molecule has 0 aromatic rings. The van der Waals surface area contributed by atoms with E-state index >= 15 is 0 Å². The first kappa shape index (κ1) is 30.3. The van der Waals surface area contributed by atoms with Crippen LogP contribution in [-0.2, 0) is 4.79 Å². The summed E-state index contributed by atoms with van der Waals surface area (Å²) < 4.78 is 0. The van der Waals surface area contributed by atoms with Crippen molar-refractivity contribution in [2.24, 2.45) is 0 Å². The Morgan fingerprint density at radius 3 is 1.62 bits per heavy atom. The number of hydrogen-bond acceptors (Lipinski definition) is 2. The van der Waals surface area contributed by atoms with Crippen LogP contribution in [0.15, 0.2) is 61.3 Å². The van der Waals surface area contributed by atoms with Crippen molar-refractivity contribution in [3.05, 3.63) is 61.3 Å². The first-order valence-corrected chi connectivity index (χ1v) is 13.2. The van der Waals surface area contributed by atoms with Gasteiger partial charge in [0, 0.05) is 6.42 Å². The van der Waals surface area contributed by atoms with Crippen molar-refractivity contribution in [2.45, 2.75) is 122 Å². The van der Waals surface area contributed by atoms with E-state index in [-0.39, 0.29) is 11.9 Å². The minimum atomic E-state index is -0.0712. The summed E-state index contributed by atoms with van der Waals surface area (Å²) in [7, 11) is 0. The Labute approximate surface area is 199 Å². The second kappa shape index (κ2) is 25.6. The van der Waals surface area contributed by atoms with E-state index in [1.54, 1.807) is 0 Å². The van der Waals surface area contributed by atoms with Gasteiger partial charge < -0.3 is 5.11 Å². The molecule has 0 aliphatic carbocycles. The summed E-state index contributed by atoms with van der Waals surface area (Å²) in [6, 6.07) is 0. The molecule has 1 N–H and O–H groups in total. The van der Waals surface area contributed by atoms with Crippen LogP contribution in [0.3, 0.4) is 0 Å². The van der Waals surface area contributed by atoms with Crippen LogP contribution >= 0.6 is 0 Å². The van der Waals surface area contributed by atoms with Crippen LogP contribution in [0.1, 0.15) is 116 Å². The highest BCUT2D eigenvalue weighted by molar-refractivity contribution is 5.90. The second-order valence-corrected chi connectivity index (χ2v) is 8.74. The largest absolute Gasteiger partial charge is 0.393 e. The van der Waals surface area contributed by atoms with Gasteiger partial charge in [0.2, 0.25) is 0 Å². The number of hydrogen-bond donors (Lipinski definition) is 1. The number of unbranched alkanes of at least 4 members (excludes halogenated alkanes) is 13. The molecule has 0 saturated heterocycles. The van der Waals surface area contributed by atoms with Gasteiger partial charge in [0.15, 0.2) is 5.78 Å². The summed E-state index contributed by atoms with van der Waals surface area (Å²) in [6.45, 7) is 5.51. The third-order valence-corrected chi connectivity index (χ3v) is 5.75. The molecule has 0 aliphatic rings. The van der Waals surface area contributed by atoms with Gasteiger partial charge in [0.05, 0.1) is 6.10 Å². The van der Waals surface area contributed by atoms with Gasteiger partial charge in [-0.05, 0) is 31.8 Å². The fraction of sp³-hybridized carbons (Fsp3) is 0.633. The summed E-state index contributed by atoms with van der Waals surface area (Å²) in [5.74, 6) is 0.0473. The van der Waals surface area contributed by atoms with Crippen LogP contribution in [0.4, 0.5) is 0 Å². The van der Waals surface area contributed by atoms with E-state index < -0.39 is 0 Å². The van der Waals surface area contributed by atoms with Crippen LogP contribution in [0, 0.1) is 0 Å². The quantitative estimate of drug-likeness (QED) is 0.0973. The molecule has 32 heavy (non-hydrogen) atoms. The number of rotatable bonds is 23. The normalized spacial score (nSPS) is 13.2. The molecule has 182 valence electrons. The zero-order chi connectivity index (χ0) is 23.5. The van der Waals surface area contributed by atoms with Gasteiger partial charge in [-0.3, -0.25) is 4.79 Å². The van der Waals surface area contributed by atoms with E-state index in [2.05, 4.69) is 31.7 Å². The van der Waals surface area contributed by atoms with Crippen molar-refractivity contribution in [3.8, 4) is 0 Å². The molecule has 0 aromatic carbocycles. The molecule has 0 bridgehead atoms. The minimum Gasteiger partial charge on any atom is -0.393 e. The predicted octanol–water partition coefficient (Wildman–Crippen LogP) is 8.98. The van der Waals surface area contributed by atoms with E-state index in [4.69, 9.17) is 0 Å². The Balaban J connectivity index is 3.30. The molecule has 0 spiro atoms. The molecular formula is C30H50O2. The number of carbonyl (C=O) groups excluding carboxylic acids is 1. The summed E-state index contributed by atoms with van der Waals surface area (Å²) in [4.78, 5) is 11.0. The van der Waals surface area contributed by atoms with E-state index in [9.17, 15) is 9.90 Å². The van der Waals surface area contributed by atoms with Crippen LogP contribution in [0.2, 0.25) is 0 Å². The van der Waals surface area contributed by atoms with E-state index in [1.807, 2.05) is 30.4 Å². The zero-order valence-electron chi connectivity index (χ0n) is 20.9. The van der Waals surface area contributed by atoms with E-state index in [1.165, 1.54) is 89.5 Å². The lowest BCUT2D eigenvalue weighted by Gasteiger charge is -2.06. The molecule has 0 amide bonds. The van der Waals surface area contributed by atoms with E-state index in [0.29, 0.717) is 6.42 Å². The smallest absolute Gasteiger partial charge is 0.158 e. The number of allylic oxidation sites excluding steroid dienone is 9. The Hall–Kier alpha value is -1.67. The molecule has 0 rings (SSSR count). The van der Waals surface area contributed by atoms with Crippen molar-refractivity contribution < 1.29 is 9.90 Å². The Morgan fingerprint density at radius 2 is 1.12 bits per heavy atom. The minimum absolute atomic E-state index is 0.0473. The van der Waals surface area contributed by atoms with Crippen molar-refractivity contribution in [1.82, 2.24) is 0 Å². The number of ketones is 1. The maximum Gasteiger partial charge on any atom is 0.158 e. The molecule has 2 heteroatoms. The monoisotopic (exact) mass is 442 g/mol. The number of carbonyl (C=O) groups is 1. The first-order valence-electron chi connectivity index (χ1n) is 13.2. The number of aliphatic hydroxyl groups excluding tert-OH is 1. The summed E-state index contributed by atoms with van der Waals surface area (Å²) in [6.07, 6.45) is 38.4. The molecule has 0 fully saturated rings. The highest BCUT2D eigenvalue weighted by Crippen LogP contribution is 2.14. The van der Waals surface area contributed by atoms with Gasteiger partial charge in [-0.1, -0.05) is 139 Å². The lowest BCUT2D eigenvalue weighted by atomic mass is 10.0. The number of aliphatic hydroxyl groups is 1. The fourth-order valence-electron chi connectivity index (χ4n) is 3.57. The Bertz CT molecular complexity index is 539. The Morgan fingerprint density at radius 1 is 0.688 bits per heavy atom. The first-order chi connectivity index (χ1) is 15.7. The Kier molecular flexibility index (Phi) is 24.3. The summed E-state index contributed by atoms with van der Waals surface area (Å²) >= 11 is 0. The van der Waals surface area contributed by atoms with Crippen molar-refractivity contribution in [3.63, 3.8) is 0 Å². The molecule has 0 heterocycles. The third-order valence-electron chi connectivity index (χ3n) is 5.75. The lowest BCUT2D eigenvalue weighted by molar-refractivity contribution is -0.113. The van der Waals surface area contributed by atoms with Gasteiger partial charge in [0.25, 0.3) is 0 Å². The van der Waals surface area contributed by atoms with Gasteiger partial charge in [0.1, 0.15) is 0 Å². The summed E-state index contributed by atoms with van der Waals surface area (Å²) in [5.41, 5.74) is 0. The highest BCUT2D eigenvalue weighted by Gasteiger charge is 1.99. The van der Waals surface area contributed by atoms with Gasteiger partial charge in [-0.15, -0.1) is 0 Å². The van der Waals surface area contributed by atoms with Crippen LogP contribution in [-0.4, -0.2) is 17.0 Å². The average Bonchev–Trinajstić information content (AvgIpc) is 2.81. The van der Waals surface area contributed by atoms with Crippen LogP contribution < -0.4 is 0 Å². The van der Waals surface area contributed by atoms with Crippen LogP contribution in [0.25, 0.3) is 0 Å². The second-order valence-electron chi connectivity index (χ2n) is 8.74. The highest BCUT2D eigenvalue weighted by atomic mass is 16.3. The molecule has 0 aliphatic heterocycles. The average molecular weight is 443 g/mol. The van der Waals surface area contributed by atoms with Crippen LogP contribution in [0.5, 0.6) is 0 Å². The molecule has 1 atom stereocenters. The zero-order valence-corrected chi connectivity index (χ0v) is 20.9. The molecular weight excluding hydrogens is 392 g/mol. The van der Waals surface area contributed by atoms with Gasteiger partial charge in [-0.2, -0.15) is 0 Å². The van der Waals surface area contributed by atoms with Gasteiger partial charge >= 0.3 is 0 Å². The molecule has 0 radical (unpaired) electrons. The van der Waals surface area contributed by atoms with Crippen molar-refractivity contribution >= 4 is 5.78 Å². The SMILES string of the molecule is C=CC(=O)CC=CC=CC=CC=CCCCCCCCCCCCCCCCC(O)CC. The molecule has 1 unspecified atom stereocenters. The molecule has 0 aromatic heterocycles. The molecule has 0 saturated carbocycles. The van der Waals surface area contributed by atoms with Crippen molar-refractivity contribution in [1.29, 1.82) is 0 Å². The molecule has 2 nitrogen and oxygen atoms in total. The van der Waals surface area contributed by atoms with E-state index in [0.717, 1.165) is 19.3 Å². The predicted molar refractivity (Wildman–Crippen MR) is 142 cm³/mol. The summed E-state index contributed by atoms with van der Waals surface area (Å²) in [5, 5.41) is 9.53. The maximum atomic E-state index is 11.0. The fourth-order valence-corrected chi connectivity index (χ4v) is 3.57.